The van der Waals surface area contributed by atoms with E-state index >= 15 is 0 Å². The molecule has 0 radical (unpaired) electrons. The van der Waals surface area contributed by atoms with Crippen molar-refractivity contribution < 1.29 is 69.3 Å². The first-order chi connectivity index (χ1) is 17.4. The van der Waals surface area contributed by atoms with Crippen LogP contribution < -0.4 is 51.4 Å². The summed E-state index contributed by atoms with van der Waals surface area (Å²) in [5.41, 5.74) is 3.27. The van der Waals surface area contributed by atoms with Crippen LogP contribution in [0.3, 0.4) is 0 Å². The van der Waals surface area contributed by atoms with Gasteiger partial charge in [-0.3, -0.25) is 4.79 Å². The number of benzene rings is 2. The van der Waals surface area contributed by atoms with Crippen molar-refractivity contribution in [3.05, 3.63) is 76.5 Å². The van der Waals surface area contributed by atoms with Gasteiger partial charge in [0, 0.05) is 24.4 Å². The predicted molar refractivity (Wildman–Crippen MR) is 147 cm³/mol. The van der Waals surface area contributed by atoms with Gasteiger partial charge in [-0.2, -0.15) is 0 Å². The second-order valence-corrected chi connectivity index (χ2v) is 12.4. The molecular formula is C29H38KN3O4S. The zero-order chi connectivity index (χ0) is 27.2. The Morgan fingerprint density at radius 3 is 2.34 bits per heavy atom. The summed E-state index contributed by atoms with van der Waals surface area (Å²) in [4.78, 5) is 16.6. The van der Waals surface area contributed by atoms with Crippen molar-refractivity contribution in [1.29, 1.82) is 0 Å². The Bertz CT molecular complexity index is 1310. The van der Waals surface area contributed by atoms with Crippen LogP contribution in [0.5, 0.6) is 0 Å². The van der Waals surface area contributed by atoms with Crippen LogP contribution in [0.15, 0.2) is 59.8 Å². The minimum absolute atomic E-state index is 0. The van der Waals surface area contributed by atoms with Gasteiger partial charge in [-0.1, -0.05) is 78.3 Å². The number of hydrogen-bond donors (Lipinski definition) is 0. The Kier molecular flexibility index (Phi) is 12.3. The number of aromatic nitrogens is 2. The molecule has 1 heterocycles. The van der Waals surface area contributed by atoms with E-state index in [4.69, 9.17) is 4.74 Å². The van der Waals surface area contributed by atoms with Gasteiger partial charge in [-0.05, 0) is 53.1 Å². The van der Waals surface area contributed by atoms with Crippen LogP contribution in [0.25, 0.3) is 15.8 Å². The molecule has 7 nitrogen and oxygen atoms in total. The number of rotatable bonds is 10. The van der Waals surface area contributed by atoms with Gasteiger partial charge < -0.3 is 14.0 Å². The normalized spacial score (nSPS) is 11.8. The van der Waals surface area contributed by atoms with Crippen molar-refractivity contribution in [3.8, 4) is 11.1 Å². The molecule has 0 aliphatic heterocycles. The van der Waals surface area contributed by atoms with Crippen LogP contribution in [-0.2, 0) is 33.1 Å². The van der Waals surface area contributed by atoms with E-state index in [0.29, 0.717) is 24.4 Å². The van der Waals surface area contributed by atoms with Gasteiger partial charge in [0.25, 0.3) is 0 Å². The van der Waals surface area contributed by atoms with Crippen molar-refractivity contribution in [2.24, 2.45) is 5.92 Å². The number of carbonyl (C=O) groups excluding carboxylic acids is 1. The first-order valence-electron chi connectivity index (χ1n) is 12.8. The number of sulfonamides is 1. The van der Waals surface area contributed by atoms with Gasteiger partial charge in [0.15, 0.2) is 0 Å². The largest absolute Gasteiger partial charge is 1.00 e. The molecule has 0 unspecified atom stereocenters. The Hall–Kier alpha value is -1.49. The van der Waals surface area contributed by atoms with Gasteiger partial charge in [0.05, 0.1) is 11.5 Å². The van der Waals surface area contributed by atoms with E-state index in [1.54, 1.807) is 12.1 Å². The van der Waals surface area contributed by atoms with Gasteiger partial charge in [-0.15, -0.1) is 0 Å². The van der Waals surface area contributed by atoms with Gasteiger partial charge >= 0.3 is 51.4 Å². The van der Waals surface area contributed by atoms with Crippen LogP contribution in [0.4, 0.5) is 4.79 Å². The predicted octanol–water partition coefficient (Wildman–Crippen LogP) is 4.10. The molecule has 0 atom stereocenters. The van der Waals surface area contributed by atoms with Crippen molar-refractivity contribution in [2.75, 3.05) is 6.61 Å². The number of unbranched alkanes of at least 4 members (excludes halogenated alkanes) is 1. The van der Waals surface area contributed by atoms with E-state index < -0.39 is 16.1 Å². The third-order valence-corrected chi connectivity index (χ3v) is 7.19. The third kappa shape index (κ3) is 9.03. The molecule has 0 saturated carbocycles. The molecular weight excluding hydrogens is 526 g/mol. The van der Waals surface area contributed by atoms with Crippen molar-refractivity contribution >= 4 is 16.1 Å². The number of imidazole rings is 1. The summed E-state index contributed by atoms with van der Waals surface area (Å²) >= 11 is 0. The fourth-order valence-corrected chi connectivity index (χ4v) is 5.21. The molecule has 0 bridgehead atoms. The first-order valence-corrected chi connectivity index (χ1v) is 14.2. The summed E-state index contributed by atoms with van der Waals surface area (Å²) in [5.74, 6) is 1.40. The molecule has 0 aliphatic rings. The van der Waals surface area contributed by atoms with Gasteiger partial charge in [-0.25, -0.2) is 13.4 Å². The van der Waals surface area contributed by atoms with Crippen LogP contribution in [0, 0.1) is 5.92 Å². The van der Waals surface area contributed by atoms with Crippen LogP contribution in [-0.4, -0.2) is 30.7 Å². The molecule has 1 aromatic heterocycles. The standard InChI is InChI=1S/C29H39N3O4S.K/c1-7-8-17-36-28(33)31-37(34,35)26-14-11-23(18-21(2)3)19-25(26)24-12-9-22(10-13-24)20-32-16-15-30-27(32)29(4,5)6;/h9-16,19,21H,7-8,17-18,20H2,1-6H3,(H,31,33);/q;+1/p-1. The molecule has 200 valence electrons. The van der Waals surface area contributed by atoms with Gasteiger partial charge in [0.2, 0.25) is 6.09 Å². The zero-order valence-electron chi connectivity index (χ0n) is 23.7. The summed E-state index contributed by atoms with van der Waals surface area (Å²) in [5, 5.41) is 0. The van der Waals surface area contributed by atoms with Crippen LogP contribution in [0.1, 0.15) is 71.3 Å². The average Bonchev–Trinajstić information content (AvgIpc) is 3.28. The van der Waals surface area contributed by atoms with Crippen molar-refractivity contribution in [3.63, 3.8) is 0 Å². The van der Waals surface area contributed by atoms with E-state index in [2.05, 4.69) is 48.9 Å². The zero-order valence-corrected chi connectivity index (χ0v) is 27.6. The second-order valence-electron chi connectivity index (χ2n) is 10.8. The number of ether oxygens (including phenoxy) is 1. The summed E-state index contributed by atoms with van der Waals surface area (Å²) in [6, 6.07) is 13.0. The monoisotopic (exact) mass is 563 g/mol. The number of carbonyl (C=O) groups is 1. The van der Waals surface area contributed by atoms with E-state index in [9.17, 15) is 13.2 Å². The minimum atomic E-state index is -4.26. The Morgan fingerprint density at radius 2 is 1.74 bits per heavy atom. The summed E-state index contributed by atoms with van der Waals surface area (Å²) in [6.07, 6.45) is 4.97. The van der Waals surface area contributed by atoms with Crippen molar-refractivity contribution in [1.82, 2.24) is 9.55 Å². The molecule has 3 rings (SSSR count). The summed E-state index contributed by atoms with van der Waals surface area (Å²) in [7, 11) is -4.26. The molecule has 0 spiro atoms. The molecule has 0 saturated heterocycles. The molecule has 0 N–H and O–H groups in total. The Morgan fingerprint density at radius 1 is 1.08 bits per heavy atom. The molecule has 1 amide bonds. The maximum Gasteiger partial charge on any atom is 1.00 e. The molecule has 0 fully saturated rings. The first kappa shape index (κ1) is 32.7. The molecule has 38 heavy (non-hydrogen) atoms. The third-order valence-electron chi connectivity index (χ3n) is 5.89. The molecule has 2 aromatic carbocycles. The average molecular weight is 564 g/mol. The SMILES string of the molecule is CCCCOC(=O)[N-]S(=O)(=O)c1ccc(CC(C)C)cc1-c1ccc(Cn2ccnc2C(C)(C)C)cc1.[K+]. The molecule has 9 heteroatoms. The van der Waals surface area contributed by atoms with E-state index in [1.165, 1.54) is 0 Å². The summed E-state index contributed by atoms with van der Waals surface area (Å²) in [6.45, 7) is 13.4. The maximum atomic E-state index is 13.1. The van der Waals surface area contributed by atoms with E-state index in [-0.39, 0.29) is 68.3 Å². The van der Waals surface area contributed by atoms with Crippen molar-refractivity contribution in [2.45, 2.75) is 77.7 Å². The quantitative estimate of drug-likeness (QED) is 0.274. The molecule has 3 aromatic rings. The Labute approximate surface area is 270 Å². The van der Waals surface area contributed by atoms with E-state index in [1.807, 2.05) is 49.6 Å². The fourth-order valence-electron chi connectivity index (χ4n) is 4.17. The maximum absolute atomic E-state index is 13.1. The Balaban J connectivity index is 0.00000507. The van der Waals surface area contributed by atoms with E-state index in [0.717, 1.165) is 35.4 Å². The fraction of sp³-hybridized carbons (Fsp3) is 0.448. The van der Waals surface area contributed by atoms with Crippen LogP contribution in [0.2, 0.25) is 0 Å². The minimum Gasteiger partial charge on any atom is -0.506 e. The molecule has 0 aliphatic carbocycles. The number of hydrogen-bond acceptors (Lipinski definition) is 5. The summed E-state index contributed by atoms with van der Waals surface area (Å²) < 4.78 is 36.8. The van der Waals surface area contributed by atoms with Gasteiger partial charge in [0.1, 0.15) is 15.8 Å². The topological polar surface area (TPSA) is 92.4 Å². The van der Waals surface area contributed by atoms with Crippen LogP contribution >= 0.6 is 0 Å². The second kappa shape index (κ2) is 14.2. The smallest absolute Gasteiger partial charge is 0.506 e. The number of amides is 1. The number of nitrogens with zero attached hydrogens (tertiary/aromatic N) is 3.